The van der Waals surface area contributed by atoms with Crippen LogP contribution in [0.4, 0.5) is 0 Å². The summed E-state index contributed by atoms with van der Waals surface area (Å²) in [6.07, 6.45) is 0. The molecule has 0 N–H and O–H groups in total. The quantitative estimate of drug-likeness (QED) is 0.782. The summed E-state index contributed by atoms with van der Waals surface area (Å²) in [4.78, 5) is 15.8. The first-order valence-electron chi connectivity index (χ1n) is 8.40. The van der Waals surface area contributed by atoms with E-state index in [0.717, 1.165) is 30.7 Å². The van der Waals surface area contributed by atoms with Crippen LogP contribution >= 0.6 is 15.9 Å². The highest BCUT2D eigenvalue weighted by Crippen LogP contribution is 2.26. The van der Waals surface area contributed by atoms with Gasteiger partial charge in [-0.05, 0) is 35.7 Å². The molecule has 126 valence electrons. The Morgan fingerprint density at radius 1 is 0.917 bits per heavy atom. The second-order valence-corrected chi connectivity index (χ2v) is 7.26. The van der Waals surface area contributed by atoms with Crippen LogP contribution in [0.3, 0.4) is 0 Å². The monoisotopic (exact) mass is 386 g/mol. The zero-order valence-corrected chi connectivity index (χ0v) is 15.8. The van der Waals surface area contributed by atoms with Crippen molar-refractivity contribution >= 4 is 21.8 Å². The number of halogens is 1. The minimum atomic E-state index is 0.182. The van der Waals surface area contributed by atoms with Gasteiger partial charge in [0.15, 0.2) is 0 Å². The summed E-state index contributed by atoms with van der Waals surface area (Å²) in [5.41, 5.74) is 3.79. The number of benzene rings is 2. The lowest BCUT2D eigenvalue weighted by molar-refractivity contribution is -0.130. The van der Waals surface area contributed by atoms with Crippen molar-refractivity contribution in [3.8, 4) is 11.1 Å². The first-order valence-corrected chi connectivity index (χ1v) is 9.19. The van der Waals surface area contributed by atoms with Gasteiger partial charge in [0.05, 0.1) is 0 Å². The van der Waals surface area contributed by atoms with Crippen molar-refractivity contribution in [2.24, 2.45) is 0 Å². The van der Waals surface area contributed by atoms with Crippen LogP contribution in [0.1, 0.15) is 25.5 Å². The first kappa shape index (κ1) is 17.2. The molecule has 3 rings (SSSR count). The summed E-state index contributed by atoms with van der Waals surface area (Å²) >= 11 is 3.48. The maximum absolute atomic E-state index is 11.4. The van der Waals surface area contributed by atoms with E-state index in [4.69, 9.17) is 0 Å². The molecule has 1 unspecified atom stereocenters. The fourth-order valence-electron chi connectivity index (χ4n) is 3.23. The average Bonchev–Trinajstić information content (AvgIpc) is 2.62. The predicted molar refractivity (Wildman–Crippen MR) is 102 cm³/mol. The largest absolute Gasteiger partial charge is 0.340 e. The van der Waals surface area contributed by atoms with Crippen molar-refractivity contribution in [1.82, 2.24) is 9.80 Å². The Morgan fingerprint density at radius 2 is 1.42 bits per heavy atom. The molecule has 24 heavy (non-hydrogen) atoms. The van der Waals surface area contributed by atoms with Crippen LogP contribution in [-0.4, -0.2) is 41.9 Å². The molecule has 1 atom stereocenters. The molecule has 1 aliphatic rings. The van der Waals surface area contributed by atoms with Crippen LogP contribution < -0.4 is 0 Å². The topological polar surface area (TPSA) is 23.6 Å². The second kappa shape index (κ2) is 7.49. The number of hydrogen-bond donors (Lipinski definition) is 0. The maximum Gasteiger partial charge on any atom is 0.219 e. The number of carbonyl (C=O) groups is 1. The summed E-state index contributed by atoms with van der Waals surface area (Å²) in [6, 6.07) is 17.6. The number of piperazine rings is 1. The number of carbonyl (C=O) groups excluding carboxylic acids is 1. The Labute approximate surface area is 152 Å². The molecule has 0 aromatic heterocycles. The predicted octanol–water partition coefficient (Wildman–Crippen LogP) is 4.34. The highest BCUT2D eigenvalue weighted by molar-refractivity contribution is 9.10. The minimum absolute atomic E-state index is 0.182. The van der Waals surface area contributed by atoms with Crippen molar-refractivity contribution < 1.29 is 4.79 Å². The van der Waals surface area contributed by atoms with E-state index in [1.165, 1.54) is 16.7 Å². The average molecular weight is 387 g/mol. The molecule has 1 aliphatic heterocycles. The molecule has 1 fully saturated rings. The number of amides is 1. The van der Waals surface area contributed by atoms with E-state index in [1.54, 1.807) is 6.92 Å². The van der Waals surface area contributed by atoms with E-state index in [-0.39, 0.29) is 5.91 Å². The highest BCUT2D eigenvalue weighted by Gasteiger charge is 2.23. The summed E-state index contributed by atoms with van der Waals surface area (Å²) in [7, 11) is 0. The Morgan fingerprint density at radius 3 is 1.92 bits per heavy atom. The molecule has 1 heterocycles. The summed E-state index contributed by atoms with van der Waals surface area (Å²) < 4.78 is 1.10. The van der Waals surface area contributed by atoms with E-state index in [0.29, 0.717) is 6.04 Å². The van der Waals surface area contributed by atoms with E-state index in [9.17, 15) is 4.79 Å². The SMILES string of the molecule is CC(=O)N1CCN(C(C)c2ccc(-c3ccc(Br)cc3)cc2)CC1. The zero-order chi connectivity index (χ0) is 17.1. The Balaban J connectivity index is 1.67. The summed E-state index contributed by atoms with van der Waals surface area (Å²) in [5.74, 6) is 0.182. The third kappa shape index (κ3) is 3.87. The third-order valence-corrected chi connectivity index (χ3v) is 5.41. The minimum Gasteiger partial charge on any atom is -0.340 e. The van der Waals surface area contributed by atoms with Gasteiger partial charge in [0.2, 0.25) is 5.91 Å². The Kier molecular flexibility index (Phi) is 5.36. The van der Waals surface area contributed by atoms with Crippen LogP contribution in [0.2, 0.25) is 0 Å². The zero-order valence-electron chi connectivity index (χ0n) is 14.2. The van der Waals surface area contributed by atoms with Crippen LogP contribution in [0, 0.1) is 0 Å². The Bertz CT molecular complexity index is 689. The standard InChI is InChI=1S/C20H23BrN2O/c1-15(22-11-13-23(14-12-22)16(2)24)17-3-5-18(6-4-17)19-7-9-20(21)10-8-19/h3-10,15H,11-14H2,1-2H3. The lowest BCUT2D eigenvalue weighted by atomic mass is 10.0. The van der Waals surface area contributed by atoms with Gasteiger partial charge in [-0.25, -0.2) is 0 Å². The molecule has 0 spiro atoms. The smallest absolute Gasteiger partial charge is 0.219 e. The van der Waals surface area contributed by atoms with Crippen molar-refractivity contribution in [3.63, 3.8) is 0 Å². The fourth-order valence-corrected chi connectivity index (χ4v) is 3.50. The van der Waals surface area contributed by atoms with Gasteiger partial charge in [-0.1, -0.05) is 52.3 Å². The van der Waals surface area contributed by atoms with Gasteiger partial charge in [-0.2, -0.15) is 0 Å². The molecule has 1 amide bonds. The molecule has 0 bridgehead atoms. The van der Waals surface area contributed by atoms with Crippen LogP contribution in [0.15, 0.2) is 53.0 Å². The highest BCUT2D eigenvalue weighted by atomic mass is 79.9. The van der Waals surface area contributed by atoms with Gasteiger partial charge >= 0.3 is 0 Å². The van der Waals surface area contributed by atoms with E-state index in [1.807, 2.05) is 4.90 Å². The molecular formula is C20H23BrN2O. The van der Waals surface area contributed by atoms with Gasteiger partial charge in [0.1, 0.15) is 0 Å². The number of rotatable bonds is 3. The van der Waals surface area contributed by atoms with Gasteiger partial charge in [-0.15, -0.1) is 0 Å². The van der Waals surface area contributed by atoms with Gasteiger partial charge < -0.3 is 4.90 Å². The second-order valence-electron chi connectivity index (χ2n) is 6.35. The van der Waals surface area contributed by atoms with Crippen LogP contribution in [0.5, 0.6) is 0 Å². The molecule has 0 radical (unpaired) electrons. The molecule has 2 aromatic carbocycles. The Hall–Kier alpha value is -1.65. The number of nitrogens with zero attached hydrogens (tertiary/aromatic N) is 2. The lowest BCUT2D eigenvalue weighted by Gasteiger charge is -2.37. The van der Waals surface area contributed by atoms with Gasteiger partial charge in [0.25, 0.3) is 0 Å². The van der Waals surface area contributed by atoms with Crippen LogP contribution in [-0.2, 0) is 4.79 Å². The molecule has 1 saturated heterocycles. The lowest BCUT2D eigenvalue weighted by Crippen LogP contribution is -2.48. The van der Waals surface area contributed by atoms with Crippen molar-refractivity contribution in [3.05, 3.63) is 58.6 Å². The van der Waals surface area contributed by atoms with Crippen LogP contribution in [0.25, 0.3) is 11.1 Å². The van der Waals surface area contributed by atoms with E-state index in [2.05, 4.69) is 76.3 Å². The molecule has 0 saturated carbocycles. The summed E-state index contributed by atoms with van der Waals surface area (Å²) in [5, 5.41) is 0. The molecule has 2 aromatic rings. The van der Waals surface area contributed by atoms with Gasteiger partial charge in [-0.3, -0.25) is 9.69 Å². The normalized spacial score (nSPS) is 16.9. The first-order chi connectivity index (χ1) is 11.5. The fraction of sp³-hybridized carbons (Fsp3) is 0.350. The van der Waals surface area contributed by atoms with E-state index < -0.39 is 0 Å². The summed E-state index contributed by atoms with van der Waals surface area (Å²) in [6.45, 7) is 7.44. The van der Waals surface area contributed by atoms with Crippen molar-refractivity contribution in [2.75, 3.05) is 26.2 Å². The van der Waals surface area contributed by atoms with E-state index >= 15 is 0 Å². The molecule has 0 aliphatic carbocycles. The van der Waals surface area contributed by atoms with Crippen molar-refractivity contribution in [1.29, 1.82) is 0 Å². The third-order valence-electron chi connectivity index (χ3n) is 4.88. The van der Waals surface area contributed by atoms with Crippen molar-refractivity contribution in [2.45, 2.75) is 19.9 Å². The number of hydrogen-bond acceptors (Lipinski definition) is 2. The molecule has 3 nitrogen and oxygen atoms in total. The molecular weight excluding hydrogens is 364 g/mol. The maximum atomic E-state index is 11.4. The van der Waals surface area contributed by atoms with Gasteiger partial charge in [0, 0.05) is 43.6 Å². The molecule has 4 heteroatoms.